The maximum atomic E-state index is 10.2. The van der Waals surface area contributed by atoms with Crippen molar-refractivity contribution in [3.63, 3.8) is 0 Å². The Balaban J connectivity index is 0. The molecule has 0 bridgehead atoms. The molecule has 0 aromatic heterocycles. The minimum absolute atomic E-state index is 0.167. The summed E-state index contributed by atoms with van der Waals surface area (Å²) in [6.07, 6.45) is 11.3. The molecule has 0 unspecified atom stereocenters. The van der Waals surface area contributed by atoms with Crippen LogP contribution in [0.4, 0.5) is 0 Å². The number of carboxylic acid groups (broad SMARTS) is 2. The van der Waals surface area contributed by atoms with Gasteiger partial charge in [0.05, 0.1) is 0 Å². The van der Waals surface area contributed by atoms with E-state index < -0.39 is 11.9 Å². The van der Waals surface area contributed by atoms with Crippen molar-refractivity contribution in [1.29, 1.82) is 0 Å². The molecule has 0 saturated heterocycles. The Hall–Kier alpha value is -1.39. The lowest BCUT2D eigenvalue weighted by atomic mass is 10.1. The summed E-state index contributed by atoms with van der Waals surface area (Å²) in [6.45, 7) is 2.23. The Morgan fingerprint density at radius 1 is 0.842 bits per heavy atom. The lowest BCUT2D eigenvalue weighted by Crippen LogP contribution is -1.93. The lowest BCUT2D eigenvalue weighted by molar-refractivity contribution is -0.143. The van der Waals surface area contributed by atoms with Gasteiger partial charge in [-0.3, -0.25) is 9.59 Å². The minimum atomic E-state index is -1.43. The number of hydrogen-bond donors (Lipinski definition) is 2. The molecular formula is C14H26O5. The average molecular weight is 274 g/mol. The Morgan fingerprint density at radius 3 is 1.53 bits per heavy atom. The summed E-state index contributed by atoms with van der Waals surface area (Å²) in [5, 5.41) is 15.8. The third-order valence-corrected chi connectivity index (χ3v) is 2.60. The fraction of sp³-hybridized carbons (Fsp3) is 0.786. The molecule has 5 heteroatoms. The number of unbranched alkanes of at least 4 members (excludes halogenated alkanes) is 8. The van der Waals surface area contributed by atoms with Crippen LogP contribution in [0.2, 0.25) is 0 Å². The van der Waals surface area contributed by atoms with Gasteiger partial charge in [0.1, 0.15) is 0 Å². The highest BCUT2D eigenvalue weighted by atomic mass is 16.4. The summed E-state index contributed by atoms with van der Waals surface area (Å²) in [5.41, 5.74) is 0. The molecule has 2 N–H and O–H groups in total. The number of aldehydes is 1. The van der Waals surface area contributed by atoms with Crippen LogP contribution in [-0.4, -0.2) is 28.4 Å². The van der Waals surface area contributed by atoms with Gasteiger partial charge in [-0.05, 0) is 6.42 Å². The van der Waals surface area contributed by atoms with E-state index in [1.165, 1.54) is 44.9 Å². The predicted molar refractivity (Wildman–Crippen MR) is 73.2 cm³/mol. The van der Waals surface area contributed by atoms with Gasteiger partial charge in [0.15, 0.2) is 0 Å². The van der Waals surface area contributed by atoms with E-state index in [4.69, 9.17) is 19.8 Å². The summed E-state index contributed by atoms with van der Waals surface area (Å²) in [4.78, 5) is 28.1. The van der Waals surface area contributed by atoms with Crippen LogP contribution in [0.25, 0.3) is 0 Å². The van der Waals surface area contributed by atoms with Crippen LogP contribution < -0.4 is 0 Å². The Labute approximate surface area is 115 Å². The van der Waals surface area contributed by atoms with Gasteiger partial charge >= 0.3 is 11.9 Å². The fourth-order valence-corrected chi connectivity index (χ4v) is 1.59. The number of hydrogen-bond acceptors (Lipinski definition) is 3. The number of carboxylic acids is 2. The minimum Gasteiger partial charge on any atom is -0.481 e. The summed E-state index contributed by atoms with van der Waals surface area (Å²) < 4.78 is 0. The first-order chi connectivity index (χ1) is 9.04. The molecule has 0 aliphatic carbocycles. The summed E-state index contributed by atoms with van der Waals surface area (Å²) >= 11 is 0. The molecule has 0 heterocycles. The smallest absolute Gasteiger partial charge is 0.368 e. The molecule has 0 spiro atoms. The van der Waals surface area contributed by atoms with Crippen LogP contribution in [0.3, 0.4) is 0 Å². The van der Waals surface area contributed by atoms with Crippen molar-refractivity contribution in [2.75, 3.05) is 0 Å². The molecule has 0 aliphatic heterocycles. The normalized spacial score (nSPS) is 9.32. The standard InChI is InChI=1S/C12H24O2.C2H2O3/c1-2-3-4-5-6-7-8-9-10-11-12(13)14;3-1-2(4)5/h2-11H2,1H3,(H,13,14);1H,(H,4,5). The zero-order valence-corrected chi connectivity index (χ0v) is 11.8. The van der Waals surface area contributed by atoms with Gasteiger partial charge in [-0.1, -0.05) is 58.3 Å². The third-order valence-electron chi connectivity index (χ3n) is 2.60. The maximum absolute atomic E-state index is 10.2. The second-order valence-corrected chi connectivity index (χ2v) is 4.43. The first-order valence-corrected chi connectivity index (χ1v) is 6.94. The largest absolute Gasteiger partial charge is 0.481 e. The van der Waals surface area contributed by atoms with Crippen LogP contribution in [0.15, 0.2) is 0 Å². The highest BCUT2D eigenvalue weighted by Crippen LogP contribution is 2.10. The van der Waals surface area contributed by atoms with Crippen LogP contribution >= 0.6 is 0 Å². The first-order valence-electron chi connectivity index (χ1n) is 6.94. The average Bonchev–Trinajstić information content (AvgIpc) is 2.37. The quantitative estimate of drug-likeness (QED) is 0.343. The SMILES string of the molecule is CCCCCCCCCCCC(=O)O.O=CC(=O)O. The van der Waals surface area contributed by atoms with E-state index in [9.17, 15) is 4.79 Å². The Bertz CT molecular complexity index is 238. The zero-order chi connectivity index (χ0) is 14.9. The molecule has 0 radical (unpaired) electrons. The van der Waals surface area contributed by atoms with Gasteiger partial charge < -0.3 is 10.2 Å². The molecular weight excluding hydrogens is 248 g/mol. The van der Waals surface area contributed by atoms with Gasteiger partial charge in [-0.2, -0.15) is 0 Å². The Kier molecular flexibility index (Phi) is 17.4. The van der Waals surface area contributed by atoms with Crippen molar-refractivity contribution in [3.05, 3.63) is 0 Å². The van der Waals surface area contributed by atoms with Crippen molar-refractivity contribution in [2.45, 2.75) is 71.1 Å². The molecule has 0 aliphatic rings. The molecule has 5 nitrogen and oxygen atoms in total. The second-order valence-electron chi connectivity index (χ2n) is 4.43. The molecule has 19 heavy (non-hydrogen) atoms. The van der Waals surface area contributed by atoms with E-state index in [-0.39, 0.29) is 6.29 Å². The topological polar surface area (TPSA) is 91.7 Å². The molecule has 112 valence electrons. The van der Waals surface area contributed by atoms with Crippen molar-refractivity contribution < 1.29 is 24.6 Å². The lowest BCUT2D eigenvalue weighted by Gasteiger charge is -2.00. The molecule has 0 saturated carbocycles. The molecule has 0 aromatic rings. The van der Waals surface area contributed by atoms with Crippen molar-refractivity contribution in [1.82, 2.24) is 0 Å². The van der Waals surface area contributed by atoms with Crippen molar-refractivity contribution >= 4 is 18.2 Å². The predicted octanol–water partition coefficient (Wildman–Crippen LogP) is 3.26. The van der Waals surface area contributed by atoms with Gasteiger partial charge in [0.25, 0.3) is 0 Å². The number of carbonyl (C=O) groups excluding carboxylic acids is 1. The van der Waals surface area contributed by atoms with Crippen LogP contribution in [0.5, 0.6) is 0 Å². The molecule has 0 aromatic carbocycles. The van der Waals surface area contributed by atoms with Gasteiger partial charge in [0.2, 0.25) is 6.29 Å². The van der Waals surface area contributed by atoms with E-state index in [0.717, 1.165) is 12.8 Å². The summed E-state index contributed by atoms with van der Waals surface area (Å²) in [7, 11) is 0. The summed E-state index contributed by atoms with van der Waals surface area (Å²) in [6, 6.07) is 0. The number of carbonyl (C=O) groups is 3. The van der Waals surface area contributed by atoms with Crippen molar-refractivity contribution in [2.24, 2.45) is 0 Å². The number of aliphatic carboxylic acids is 2. The van der Waals surface area contributed by atoms with E-state index in [2.05, 4.69) is 6.92 Å². The molecule has 0 fully saturated rings. The first kappa shape index (κ1) is 19.9. The zero-order valence-electron chi connectivity index (χ0n) is 11.8. The van der Waals surface area contributed by atoms with E-state index in [1.54, 1.807) is 0 Å². The molecule has 0 rings (SSSR count). The van der Waals surface area contributed by atoms with Crippen molar-refractivity contribution in [3.8, 4) is 0 Å². The van der Waals surface area contributed by atoms with Crippen LogP contribution in [0.1, 0.15) is 71.1 Å². The van der Waals surface area contributed by atoms with Gasteiger partial charge in [0, 0.05) is 6.42 Å². The highest BCUT2D eigenvalue weighted by molar-refractivity contribution is 6.19. The second kappa shape index (κ2) is 16.6. The molecule has 0 amide bonds. The highest BCUT2D eigenvalue weighted by Gasteiger charge is 1.96. The van der Waals surface area contributed by atoms with E-state index >= 15 is 0 Å². The molecule has 0 atom stereocenters. The Morgan fingerprint density at radius 2 is 1.21 bits per heavy atom. The third kappa shape index (κ3) is 26.3. The van der Waals surface area contributed by atoms with Crippen LogP contribution in [-0.2, 0) is 14.4 Å². The van der Waals surface area contributed by atoms with E-state index in [0.29, 0.717) is 6.42 Å². The monoisotopic (exact) mass is 274 g/mol. The maximum Gasteiger partial charge on any atom is 0.368 e. The number of rotatable bonds is 11. The fourth-order valence-electron chi connectivity index (χ4n) is 1.59. The summed E-state index contributed by atoms with van der Waals surface area (Å²) in [5.74, 6) is -2.09. The van der Waals surface area contributed by atoms with Gasteiger partial charge in [-0.25, -0.2) is 4.79 Å². The van der Waals surface area contributed by atoms with Gasteiger partial charge in [-0.15, -0.1) is 0 Å². The van der Waals surface area contributed by atoms with E-state index in [1.807, 2.05) is 0 Å². The van der Waals surface area contributed by atoms with Crippen LogP contribution in [0, 0.1) is 0 Å².